The van der Waals surface area contributed by atoms with Crippen molar-refractivity contribution >= 4 is 15.9 Å². The lowest BCUT2D eigenvalue weighted by Gasteiger charge is -2.35. The van der Waals surface area contributed by atoms with Crippen LogP contribution < -0.4 is 0 Å². The standard InChI is InChI=1S/C31H21Br/c32-29-21-10-8-17-25(29)27-19-11-18-26-24-16-7-9-20-28(24)31(30(26)27,22-12-3-1-4-13-22)23-14-5-2-6-15-23/h1-21H. The van der Waals surface area contributed by atoms with E-state index in [1.807, 2.05) is 0 Å². The van der Waals surface area contributed by atoms with Gasteiger partial charge >= 0.3 is 0 Å². The van der Waals surface area contributed by atoms with Gasteiger partial charge in [-0.2, -0.15) is 0 Å². The van der Waals surface area contributed by atoms with Crippen molar-refractivity contribution in [1.29, 1.82) is 0 Å². The highest BCUT2D eigenvalue weighted by atomic mass is 79.9. The first-order valence-corrected chi connectivity index (χ1v) is 11.7. The van der Waals surface area contributed by atoms with Crippen molar-refractivity contribution in [1.82, 2.24) is 0 Å². The van der Waals surface area contributed by atoms with Crippen molar-refractivity contribution in [3.63, 3.8) is 0 Å². The molecule has 5 aromatic rings. The second-order valence-electron chi connectivity index (χ2n) is 8.24. The molecule has 0 atom stereocenters. The molecule has 0 spiro atoms. The molecule has 0 aliphatic heterocycles. The van der Waals surface area contributed by atoms with Gasteiger partial charge in [0.15, 0.2) is 0 Å². The molecule has 0 saturated heterocycles. The zero-order chi connectivity index (χ0) is 21.5. The minimum Gasteiger partial charge on any atom is -0.0622 e. The van der Waals surface area contributed by atoms with Crippen LogP contribution in [0.4, 0.5) is 0 Å². The van der Waals surface area contributed by atoms with Gasteiger partial charge in [-0.1, -0.05) is 137 Å². The number of fused-ring (bicyclic) bond motifs is 3. The Bertz CT molecular complexity index is 1380. The largest absolute Gasteiger partial charge is 0.0719 e. The van der Waals surface area contributed by atoms with Crippen molar-refractivity contribution < 1.29 is 0 Å². The molecule has 0 bridgehead atoms. The Morgan fingerprint density at radius 1 is 0.406 bits per heavy atom. The summed E-state index contributed by atoms with van der Waals surface area (Å²) in [5, 5.41) is 0. The van der Waals surface area contributed by atoms with E-state index in [9.17, 15) is 0 Å². The maximum Gasteiger partial charge on any atom is 0.0719 e. The van der Waals surface area contributed by atoms with Crippen LogP contribution in [-0.4, -0.2) is 0 Å². The van der Waals surface area contributed by atoms with Gasteiger partial charge in [-0.15, -0.1) is 0 Å². The van der Waals surface area contributed by atoms with Gasteiger partial charge in [0.1, 0.15) is 0 Å². The highest BCUT2D eigenvalue weighted by molar-refractivity contribution is 9.10. The Labute approximate surface area is 197 Å². The lowest BCUT2D eigenvalue weighted by atomic mass is 9.66. The van der Waals surface area contributed by atoms with Crippen molar-refractivity contribution in [2.45, 2.75) is 5.41 Å². The smallest absolute Gasteiger partial charge is 0.0622 e. The van der Waals surface area contributed by atoms with Crippen molar-refractivity contribution in [3.05, 3.63) is 154 Å². The van der Waals surface area contributed by atoms with Crippen LogP contribution >= 0.6 is 15.9 Å². The molecule has 0 unspecified atom stereocenters. The molecular weight excluding hydrogens is 452 g/mol. The summed E-state index contributed by atoms with van der Waals surface area (Å²) in [5.74, 6) is 0. The van der Waals surface area contributed by atoms with Gasteiger partial charge in [0.25, 0.3) is 0 Å². The molecule has 32 heavy (non-hydrogen) atoms. The molecule has 0 aromatic heterocycles. The molecule has 5 aromatic carbocycles. The average Bonchev–Trinajstić information content (AvgIpc) is 3.17. The van der Waals surface area contributed by atoms with Crippen molar-refractivity contribution in [3.8, 4) is 22.3 Å². The highest BCUT2D eigenvalue weighted by Gasteiger charge is 2.47. The summed E-state index contributed by atoms with van der Waals surface area (Å²) in [6, 6.07) is 46.1. The molecule has 1 heteroatoms. The number of benzene rings is 5. The van der Waals surface area contributed by atoms with Crippen LogP contribution in [0, 0.1) is 0 Å². The van der Waals surface area contributed by atoms with E-state index in [0.717, 1.165) is 4.47 Å². The van der Waals surface area contributed by atoms with Crippen LogP contribution in [0.15, 0.2) is 132 Å². The lowest BCUT2D eigenvalue weighted by molar-refractivity contribution is 0.770. The second-order valence-corrected chi connectivity index (χ2v) is 9.09. The summed E-state index contributed by atoms with van der Waals surface area (Å²) in [5.41, 5.74) is 9.98. The van der Waals surface area contributed by atoms with Gasteiger partial charge in [0.05, 0.1) is 5.41 Å². The van der Waals surface area contributed by atoms with Crippen molar-refractivity contribution in [2.75, 3.05) is 0 Å². The monoisotopic (exact) mass is 472 g/mol. The summed E-state index contributed by atoms with van der Waals surface area (Å²) in [6.45, 7) is 0. The van der Waals surface area contributed by atoms with Crippen LogP contribution in [-0.2, 0) is 5.41 Å². The second kappa shape index (κ2) is 7.62. The molecule has 0 radical (unpaired) electrons. The molecule has 1 aliphatic rings. The fourth-order valence-corrected chi connectivity index (χ4v) is 5.91. The molecule has 6 rings (SSSR count). The van der Waals surface area contributed by atoms with Gasteiger partial charge in [-0.25, -0.2) is 0 Å². The highest BCUT2D eigenvalue weighted by Crippen LogP contribution is 2.58. The summed E-state index contributed by atoms with van der Waals surface area (Å²) in [4.78, 5) is 0. The first kappa shape index (κ1) is 19.3. The van der Waals surface area contributed by atoms with Crippen LogP contribution in [0.2, 0.25) is 0 Å². The van der Waals surface area contributed by atoms with E-state index >= 15 is 0 Å². The number of rotatable bonds is 3. The summed E-state index contributed by atoms with van der Waals surface area (Å²) < 4.78 is 1.11. The third-order valence-corrected chi connectivity index (χ3v) is 7.33. The fraction of sp³-hybridized carbons (Fsp3) is 0.0323. The molecule has 0 saturated carbocycles. The Morgan fingerprint density at radius 3 is 1.50 bits per heavy atom. The molecule has 0 nitrogen and oxygen atoms in total. The maximum atomic E-state index is 3.83. The summed E-state index contributed by atoms with van der Waals surface area (Å²) in [6.07, 6.45) is 0. The lowest BCUT2D eigenvalue weighted by Crippen LogP contribution is -2.29. The molecule has 1 aliphatic carbocycles. The van der Waals surface area contributed by atoms with Gasteiger partial charge in [0.2, 0.25) is 0 Å². The Morgan fingerprint density at radius 2 is 0.875 bits per heavy atom. The predicted octanol–water partition coefficient (Wildman–Crippen LogP) is 8.48. The van der Waals surface area contributed by atoms with E-state index in [2.05, 4.69) is 143 Å². The number of hydrogen-bond donors (Lipinski definition) is 0. The zero-order valence-electron chi connectivity index (χ0n) is 17.5. The van der Waals surface area contributed by atoms with Gasteiger partial charge in [-0.3, -0.25) is 0 Å². The quantitative estimate of drug-likeness (QED) is 0.242. The zero-order valence-corrected chi connectivity index (χ0v) is 19.1. The van der Waals surface area contributed by atoms with Crippen LogP contribution in [0.5, 0.6) is 0 Å². The Kier molecular flexibility index (Phi) is 4.59. The minimum absolute atomic E-state index is 0.389. The first-order valence-electron chi connectivity index (χ1n) is 10.9. The van der Waals surface area contributed by atoms with Gasteiger partial charge in [0, 0.05) is 4.47 Å². The normalized spacial score (nSPS) is 13.4. The summed E-state index contributed by atoms with van der Waals surface area (Å²) >= 11 is 3.83. The first-order chi connectivity index (χ1) is 15.8. The molecule has 0 N–H and O–H groups in total. The fourth-order valence-electron chi connectivity index (χ4n) is 5.41. The van der Waals surface area contributed by atoms with E-state index in [4.69, 9.17) is 0 Å². The number of halogens is 1. The Hall–Kier alpha value is -3.42. The third kappa shape index (κ3) is 2.68. The van der Waals surface area contributed by atoms with E-state index in [1.165, 1.54) is 44.5 Å². The van der Waals surface area contributed by atoms with E-state index < -0.39 is 0 Å². The average molecular weight is 473 g/mol. The van der Waals surface area contributed by atoms with Gasteiger partial charge in [-0.05, 0) is 50.6 Å². The predicted molar refractivity (Wildman–Crippen MR) is 137 cm³/mol. The van der Waals surface area contributed by atoms with E-state index in [0.29, 0.717) is 0 Å². The number of hydrogen-bond acceptors (Lipinski definition) is 0. The SMILES string of the molecule is Brc1ccccc1-c1cccc2c1C(c1ccccc1)(c1ccccc1)c1ccccc1-2. The minimum atomic E-state index is -0.389. The van der Waals surface area contributed by atoms with E-state index in [-0.39, 0.29) is 5.41 Å². The maximum absolute atomic E-state index is 3.83. The van der Waals surface area contributed by atoms with Crippen LogP contribution in [0.25, 0.3) is 22.3 Å². The molecular formula is C31H21Br. The topological polar surface area (TPSA) is 0 Å². The molecule has 152 valence electrons. The van der Waals surface area contributed by atoms with Gasteiger partial charge < -0.3 is 0 Å². The van der Waals surface area contributed by atoms with Crippen molar-refractivity contribution in [2.24, 2.45) is 0 Å². The molecule has 0 amide bonds. The van der Waals surface area contributed by atoms with Crippen LogP contribution in [0.1, 0.15) is 22.3 Å². The third-order valence-electron chi connectivity index (χ3n) is 6.64. The molecule has 0 fully saturated rings. The van der Waals surface area contributed by atoms with Crippen LogP contribution in [0.3, 0.4) is 0 Å². The van der Waals surface area contributed by atoms with E-state index in [1.54, 1.807) is 0 Å². The molecule has 0 heterocycles. The summed E-state index contributed by atoms with van der Waals surface area (Å²) in [7, 11) is 0. The Balaban J connectivity index is 1.83.